The zero-order chi connectivity index (χ0) is 9.03. The van der Waals surface area contributed by atoms with E-state index < -0.39 is 0 Å². The predicted molar refractivity (Wildman–Crippen MR) is 51.0 cm³/mol. The minimum absolute atomic E-state index is 0.491. The van der Waals surface area contributed by atoms with E-state index in [0.717, 1.165) is 12.7 Å². The Morgan fingerprint density at radius 3 is 2.83 bits per heavy atom. The van der Waals surface area contributed by atoms with Gasteiger partial charge in [-0.05, 0) is 31.1 Å². The number of rotatable bonds is 3. The largest absolute Gasteiger partial charge is 0.303 e. The second-order valence-corrected chi connectivity index (χ2v) is 4.44. The van der Waals surface area contributed by atoms with Gasteiger partial charge in [-0.2, -0.15) is 0 Å². The third-order valence-electron chi connectivity index (χ3n) is 2.65. The molecule has 0 fully saturated rings. The van der Waals surface area contributed by atoms with Gasteiger partial charge >= 0.3 is 0 Å². The molecule has 0 aliphatic heterocycles. The van der Waals surface area contributed by atoms with Crippen LogP contribution >= 0.6 is 0 Å². The summed E-state index contributed by atoms with van der Waals surface area (Å²) < 4.78 is 0. The zero-order valence-electron chi connectivity index (χ0n) is 8.10. The fourth-order valence-corrected chi connectivity index (χ4v) is 1.60. The summed E-state index contributed by atoms with van der Waals surface area (Å²) in [5, 5.41) is 0. The Morgan fingerprint density at radius 2 is 2.33 bits per heavy atom. The van der Waals surface area contributed by atoms with Gasteiger partial charge in [-0.25, -0.2) is 0 Å². The minimum Gasteiger partial charge on any atom is -0.303 e. The van der Waals surface area contributed by atoms with Gasteiger partial charge in [0.2, 0.25) is 0 Å². The first kappa shape index (κ1) is 9.50. The van der Waals surface area contributed by atoms with Gasteiger partial charge in [0.15, 0.2) is 0 Å². The highest BCUT2D eigenvalue weighted by Crippen LogP contribution is 2.35. The van der Waals surface area contributed by atoms with Crippen LogP contribution in [0.25, 0.3) is 0 Å². The molecule has 1 heteroatoms. The minimum atomic E-state index is 0.491. The number of carbonyl (C=O) groups excluding carboxylic acids is 1. The quantitative estimate of drug-likeness (QED) is 0.465. The van der Waals surface area contributed by atoms with E-state index in [1.54, 1.807) is 0 Å². The smallest absolute Gasteiger partial charge is 0.120 e. The summed E-state index contributed by atoms with van der Waals surface area (Å²) >= 11 is 0. The Labute approximate surface area is 74.9 Å². The van der Waals surface area contributed by atoms with Crippen LogP contribution in [0.2, 0.25) is 0 Å². The van der Waals surface area contributed by atoms with E-state index in [0.29, 0.717) is 11.8 Å². The number of hydrogen-bond acceptors (Lipinski definition) is 1. The standard InChI is InChI=1S/C11H18O/c1-11(2)7-5-10(6-8-11)4-3-9-12/h5,9H,3-4,6-8H2,1-2H3. The summed E-state index contributed by atoms with van der Waals surface area (Å²) in [5.41, 5.74) is 1.98. The Bertz CT molecular complexity index is 189. The van der Waals surface area contributed by atoms with E-state index >= 15 is 0 Å². The van der Waals surface area contributed by atoms with Crippen molar-refractivity contribution in [2.45, 2.75) is 46.0 Å². The highest BCUT2D eigenvalue weighted by molar-refractivity contribution is 5.49. The lowest BCUT2D eigenvalue weighted by Crippen LogP contribution is -2.14. The van der Waals surface area contributed by atoms with Crippen LogP contribution in [0.5, 0.6) is 0 Å². The lowest BCUT2D eigenvalue weighted by molar-refractivity contribution is -0.107. The molecule has 0 atom stereocenters. The average molecular weight is 166 g/mol. The highest BCUT2D eigenvalue weighted by atomic mass is 16.1. The van der Waals surface area contributed by atoms with Crippen LogP contribution in [-0.2, 0) is 4.79 Å². The van der Waals surface area contributed by atoms with Crippen molar-refractivity contribution >= 4 is 6.29 Å². The molecule has 12 heavy (non-hydrogen) atoms. The summed E-state index contributed by atoms with van der Waals surface area (Å²) in [4.78, 5) is 10.1. The van der Waals surface area contributed by atoms with Crippen LogP contribution in [0, 0.1) is 5.41 Å². The number of carbonyl (C=O) groups is 1. The predicted octanol–water partition coefficient (Wildman–Crippen LogP) is 3.10. The number of allylic oxidation sites excluding steroid dienone is 2. The summed E-state index contributed by atoms with van der Waals surface area (Å²) in [6.45, 7) is 4.61. The van der Waals surface area contributed by atoms with E-state index in [4.69, 9.17) is 0 Å². The first-order valence-electron chi connectivity index (χ1n) is 4.76. The molecule has 0 aromatic rings. The maximum absolute atomic E-state index is 10.1. The van der Waals surface area contributed by atoms with Crippen molar-refractivity contribution < 1.29 is 4.79 Å². The molecule has 1 aliphatic carbocycles. The lowest BCUT2D eigenvalue weighted by atomic mass is 9.77. The number of hydrogen-bond donors (Lipinski definition) is 0. The Kier molecular flexibility index (Phi) is 3.07. The van der Waals surface area contributed by atoms with Crippen LogP contribution in [0.3, 0.4) is 0 Å². The normalized spacial score (nSPS) is 21.7. The van der Waals surface area contributed by atoms with Crippen LogP contribution < -0.4 is 0 Å². The van der Waals surface area contributed by atoms with Crippen molar-refractivity contribution in [3.8, 4) is 0 Å². The van der Waals surface area contributed by atoms with Gasteiger partial charge in [-0.3, -0.25) is 0 Å². The molecule has 1 aliphatic rings. The molecule has 1 nitrogen and oxygen atoms in total. The van der Waals surface area contributed by atoms with Crippen molar-refractivity contribution in [2.75, 3.05) is 0 Å². The monoisotopic (exact) mass is 166 g/mol. The van der Waals surface area contributed by atoms with E-state index in [9.17, 15) is 4.79 Å². The molecule has 68 valence electrons. The summed E-state index contributed by atoms with van der Waals surface area (Å²) in [6.07, 6.45) is 8.68. The summed E-state index contributed by atoms with van der Waals surface area (Å²) in [6, 6.07) is 0. The van der Waals surface area contributed by atoms with Gasteiger partial charge in [-0.1, -0.05) is 25.5 Å². The second-order valence-electron chi connectivity index (χ2n) is 4.44. The average Bonchev–Trinajstić information content (AvgIpc) is 2.03. The molecule has 0 heterocycles. The number of aldehydes is 1. The first-order valence-corrected chi connectivity index (χ1v) is 4.76. The van der Waals surface area contributed by atoms with Crippen molar-refractivity contribution in [1.82, 2.24) is 0 Å². The lowest BCUT2D eigenvalue weighted by Gasteiger charge is -2.28. The molecule has 0 bridgehead atoms. The third-order valence-corrected chi connectivity index (χ3v) is 2.65. The van der Waals surface area contributed by atoms with Crippen molar-refractivity contribution in [2.24, 2.45) is 5.41 Å². The van der Waals surface area contributed by atoms with Crippen LogP contribution in [0.4, 0.5) is 0 Å². The highest BCUT2D eigenvalue weighted by Gasteiger charge is 2.20. The molecule has 0 saturated heterocycles. The van der Waals surface area contributed by atoms with E-state index in [-0.39, 0.29) is 0 Å². The molecule has 0 aromatic heterocycles. The van der Waals surface area contributed by atoms with Crippen molar-refractivity contribution in [1.29, 1.82) is 0 Å². The van der Waals surface area contributed by atoms with Crippen molar-refractivity contribution in [3.63, 3.8) is 0 Å². The van der Waals surface area contributed by atoms with Crippen molar-refractivity contribution in [3.05, 3.63) is 11.6 Å². The van der Waals surface area contributed by atoms with E-state index in [2.05, 4.69) is 19.9 Å². The van der Waals surface area contributed by atoms with E-state index in [1.165, 1.54) is 24.8 Å². The first-order chi connectivity index (χ1) is 5.64. The molecule has 0 spiro atoms. The van der Waals surface area contributed by atoms with Crippen LogP contribution in [0.15, 0.2) is 11.6 Å². The maximum Gasteiger partial charge on any atom is 0.120 e. The molecule has 0 amide bonds. The molecule has 0 N–H and O–H groups in total. The summed E-state index contributed by atoms with van der Waals surface area (Å²) in [7, 11) is 0. The van der Waals surface area contributed by atoms with Crippen LogP contribution in [-0.4, -0.2) is 6.29 Å². The third kappa shape index (κ3) is 2.80. The molecule has 0 aromatic carbocycles. The molecular weight excluding hydrogens is 148 g/mol. The fourth-order valence-electron chi connectivity index (χ4n) is 1.60. The molecular formula is C11H18O. The second kappa shape index (κ2) is 3.88. The fraction of sp³-hybridized carbons (Fsp3) is 0.727. The van der Waals surface area contributed by atoms with Gasteiger partial charge < -0.3 is 4.79 Å². The SMILES string of the molecule is CC1(C)CC=C(CCC=O)CC1. The van der Waals surface area contributed by atoms with Gasteiger partial charge in [0, 0.05) is 6.42 Å². The molecule has 0 radical (unpaired) electrons. The van der Waals surface area contributed by atoms with Gasteiger partial charge in [0.1, 0.15) is 6.29 Å². The Hall–Kier alpha value is -0.590. The Morgan fingerprint density at radius 1 is 1.58 bits per heavy atom. The summed E-state index contributed by atoms with van der Waals surface area (Å²) in [5.74, 6) is 0. The zero-order valence-corrected chi connectivity index (χ0v) is 8.10. The van der Waals surface area contributed by atoms with E-state index in [1.807, 2.05) is 0 Å². The Balaban J connectivity index is 2.39. The van der Waals surface area contributed by atoms with Gasteiger partial charge in [-0.15, -0.1) is 0 Å². The van der Waals surface area contributed by atoms with Crippen LogP contribution in [0.1, 0.15) is 46.0 Å². The molecule has 0 unspecified atom stereocenters. The van der Waals surface area contributed by atoms with Gasteiger partial charge in [0.05, 0.1) is 0 Å². The topological polar surface area (TPSA) is 17.1 Å². The maximum atomic E-state index is 10.1. The van der Waals surface area contributed by atoms with Gasteiger partial charge in [0.25, 0.3) is 0 Å². The molecule has 1 rings (SSSR count). The molecule has 0 saturated carbocycles.